The Morgan fingerprint density at radius 2 is 2.03 bits per heavy atom. The van der Waals surface area contributed by atoms with Gasteiger partial charge in [-0.15, -0.1) is 22.7 Å². The zero-order chi connectivity index (χ0) is 27.3. The van der Waals surface area contributed by atoms with E-state index in [4.69, 9.17) is 11.6 Å². The number of piperazine rings is 1. The Hall–Kier alpha value is -2.09. The van der Waals surface area contributed by atoms with Gasteiger partial charge in [0.1, 0.15) is 4.21 Å². The third kappa shape index (κ3) is 5.59. The number of rotatable bonds is 7. The molecular formula is C26H30ClN5O4S3. The Bertz CT molecular complexity index is 1530. The van der Waals surface area contributed by atoms with E-state index in [0.29, 0.717) is 35.6 Å². The van der Waals surface area contributed by atoms with Crippen LogP contribution in [0.15, 0.2) is 28.5 Å². The number of nitrogens with zero attached hydrogens (tertiary/aromatic N) is 3. The minimum atomic E-state index is -3.77. The number of benzene rings is 1. The fraction of sp³-hybridized carbons (Fsp3) is 0.500. The number of sulfonamides is 1. The number of thiazole rings is 1. The molecule has 2 amide bonds. The van der Waals surface area contributed by atoms with Crippen LogP contribution in [0.3, 0.4) is 0 Å². The van der Waals surface area contributed by atoms with Crippen LogP contribution in [0.5, 0.6) is 0 Å². The monoisotopic (exact) mass is 607 g/mol. The molecule has 2 aromatic heterocycles. The van der Waals surface area contributed by atoms with E-state index in [1.165, 1.54) is 27.0 Å². The van der Waals surface area contributed by atoms with E-state index in [2.05, 4.69) is 22.5 Å². The predicted octanol–water partition coefficient (Wildman–Crippen LogP) is 3.48. The highest BCUT2D eigenvalue weighted by Crippen LogP contribution is 2.34. The first-order chi connectivity index (χ1) is 18.7. The Labute approximate surface area is 240 Å². The number of thiophene rings is 1. The lowest BCUT2D eigenvalue weighted by molar-refractivity contribution is -0.122. The van der Waals surface area contributed by atoms with E-state index >= 15 is 0 Å². The smallest absolute Gasteiger partial charge is 0.283 e. The summed E-state index contributed by atoms with van der Waals surface area (Å²) in [6, 6.07) is 6.94. The number of halogens is 1. The summed E-state index contributed by atoms with van der Waals surface area (Å²) in [5, 5.41) is 8.20. The average Bonchev–Trinajstić information content (AvgIpc) is 3.54. The van der Waals surface area contributed by atoms with Crippen LogP contribution in [-0.2, 0) is 27.8 Å². The van der Waals surface area contributed by atoms with Crippen molar-refractivity contribution in [2.75, 3.05) is 26.2 Å². The van der Waals surface area contributed by atoms with Gasteiger partial charge in [0.25, 0.3) is 15.9 Å². The Morgan fingerprint density at radius 3 is 2.82 bits per heavy atom. The molecule has 3 aromatic rings. The largest absolute Gasteiger partial charge is 0.356 e. The zero-order valence-corrected chi connectivity index (χ0v) is 24.7. The molecule has 0 bridgehead atoms. The van der Waals surface area contributed by atoms with Crippen molar-refractivity contribution in [1.29, 1.82) is 0 Å². The SMILES string of the molecule is CC1Cc2nc(C(=O)N3CCN(S(=O)(=O)c4cc5ccc(Cl)cc5s4)CC3CCNC(=O)C3CC3)sc2CN1. The summed E-state index contributed by atoms with van der Waals surface area (Å²) in [6.45, 7) is 3.79. The van der Waals surface area contributed by atoms with Crippen LogP contribution in [-0.4, -0.2) is 72.7 Å². The average molecular weight is 608 g/mol. The van der Waals surface area contributed by atoms with E-state index < -0.39 is 10.0 Å². The number of hydrogen-bond acceptors (Lipinski definition) is 8. The second kappa shape index (κ2) is 10.7. The van der Waals surface area contributed by atoms with Gasteiger partial charge in [0.2, 0.25) is 5.91 Å². The standard InChI is InChI=1S/C26H30ClN5O4S3/c1-15-10-20-22(13-29-15)38-25(30-20)26(34)32-9-8-31(14-19(32)6-7-28-24(33)16-2-3-16)39(35,36)23-11-17-4-5-18(27)12-21(17)37-23/h4-5,11-12,15-16,19,29H,2-3,6-10,13-14H2,1H3,(H,28,33). The summed E-state index contributed by atoms with van der Waals surface area (Å²) in [5.41, 5.74) is 0.967. The fourth-order valence-corrected chi connectivity index (χ4v) is 9.46. The second-order valence-electron chi connectivity index (χ2n) is 10.5. The summed E-state index contributed by atoms with van der Waals surface area (Å²) >= 11 is 8.72. The van der Waals surface area contributed by atoms with Gasteiger partial charge in [-0.2, -0.15) is 4.31 Å². The first-order valence-electron chi connectivity index (χ1n) is 13.2. The van der Waals surface area contributed by atoms with Crippen LogP contribution in [0.25, 0.3) is 10.1 Å². The molecule has 4 heterocycles. The van der Waals surface area contributed by atoms with Crippen LogP contribution in [0, 0.1) is 5.92 Å². The van der Waals surface area contributed by atoms with Gasteiger partial charge in [0.05, 0.1) is 5.69 Å². The topological polar surface area (TPSA) is 112 Å². The van der Waals surface area contributed by atoms with Gasteiger partial charge in [-0.1, -0.05) is 17.7 Å². The fourth-order valence-electron chi connectivity index (χ4n) is 5.17. The molecule has 2 fully saturated rings. The van der Waals surface area contributed by atoms with Gasteiger partial charge in [0, 0.05) is 71.7 Å². The zero-order valence-electron chi connectivity index (χ0n) is 21.5. The van der Waals surface area contributed by atoms with Crippen LogP contribution in [0.4, 0.5) is 0 Å². The number of nitrogens with one attached hydrogen (secondary N) is 2. The molecule has 9 nitrogen and oxygen atoms in total. The molecule has 3 aliphatic rings. The highest BCUT2D eigenvalue weighted by atomic mass is 35.5. The normalized spacial score (nSPS) is 22.2. The first-order valence-corrected chi connectivity index (χ1v) is 16.6. The van der Waals surface area contributed by atoms with Gasteiger partial charge < -0.3 is 15.5 Å². The summed E-state index contributed by atoms with van der Waals surface area (Å²) in [7, 11) is -3.77. The van der Waals surface area contributed by atoms with Crippen molar-refractivity contribution >= 4 is 66.2 Å². The minimum absolute atomic E-state index is 0.0336. The number of fused-ring (bicyclic) bond motifs is 2. The molecule has 0 spiro atoms. The van der Waals surface area contributed by atoms with Crippen molar-refractivity contribution in [2.45, 2.75) is 55.4 Å². The highest BCUT2D eigenvalue weighted by Gasteiger charge is 2.39. The Kier molecular flexibility index (Phi) is 7.44. The maximum absolute atomic E-state index is 13.7. The van der Waals surface area contributed by atoms with Gasteiger partial charge in [0.15, 0.2) is 5.01 Å². The molecule has 1 aliphatic carbocycles. The molecule has 6 rings (SSSR count). The van der Waals surface area contributed by atoms with Gasteiger partial charge >= 0.3 is 0 Å². The molecule has 2 aliphatic heterocycles. The quantitative estimate of drug-likeness (QED) is 0.425. The van der Waals surface area contributed by atoms with Gasteiger partial charge in [-0.3, -0.25) is 9.59 Å². The third-order valence-electron chi connectivity index (χ3n) is 7.56. The summed E-state index contributed by atoms with van der Waals surface area (Å²) < 4.78 is 29.9. The number of carbonyl (C=O) groups excluding carboxylic acids is 2. The predicted molar refractivity (Wildman–Crippen MR) is 153 cm³/mol. The number of carbonyl (C=O) groups is 2. The highest BCUT2D eigenvalue weighted by molar-refractivity contribution is 7.91. The van der Waals surface area contributed by atoms with Crippen molar-refractivity contribution in [3.63, 3.8) is 0 Å². The van der Waals surface area contributed by atoms with Gasteiger partial charge in [-0.25, -0.2) is 13.4 Å². The van der Waals surface area contributed by atoms with Crippen molar-refractivity contribution in [3.05, 3.63) is 44.9 Å². The molecule has 1 saturated carbocycles. The second-order valence-corrected chi connectivity index (χ2v) is 15.3. The lowest BCUT2D eigenvalue weighted by atomic mass is 10.1. The number of hydrogen-bond donors (Lipinski definition) is 2. The molecule has 1 saturated heterocycles. The number of amides is 2. The molecule has 2 N–H and O–H groups in total. The van der Waals surface area contributed by atoms with Crippen LogP contribution >= 0.6 is 34.3 Å². The van der Waals surface area contributed by atoms with E-state index in [1.807, 2.05) is 6.07 Å². The molecule has 208 valence electrons. The Morgan fingerprint density at radius 1 is 1.21 bits per heavy atom. The van der Waals surface area contributed by atoms with Crippen molar-refractivity contribution < 1.29 is 18.0 Å². The summed E-state index contributed by atoms with van der Waals surface area (Å²) in [5.74, 6) is -0.0504. The van der Waals surface area contributed by atoms with Crippen molar-refractivity contribution in [3.8, 4) is 0 Å². The summed E-state index contributed by atoms with van der Waals surface area (Å²) in [4.78, 5) is 33.4. The molecule has 39 heavy (non-hydrogen) atoms. The molecule has 13 heteroatoms. The van der Waals surface area contributed by atoms with E-state index in [9.17, 15) is 18.0 Å². The van der Waals surface area contributed by atoms with E-state index in [1.54, 1.807) is 23.1 Å². The van der Waals surface area contributed by atoms with Crippen molar-refractivity contribution in [1.82, 2.24) is 24.8 Å². The van der Waals surface area contributed by atoms with Gasteiger partial charge in [-0.05, 0) is 49.8 Å². The maximum atomic E-state index is 13.7. The Balaban J connectivity index is 1.22. The lowest BCUT2D eigenvalue weighted by Gasteiger charge is -2.40. The van der Waals surface area contributed by atoms with Crippen LogP contribution in [0.1, 0.15) is 46.6 Å². The third-order valence-corrected chi connectivity index (χ3v) is 12.3. The molecule has 0 radical (unpaired) electrons. The molecule has 2 unspecified atom stereocenters. The maximum Gasteiger partial charge on any atom is 0.283 e. The molecule has 2 atom stereocenters. The van der Waals surface area contributed by atoms with E-state index in [0.717, 1.165) is 39.9 Å². The van der Waals surface area contributed by atoms with E-state index in [-0.39, 0.29) is 47.6 Å². The molecule has 1 aromatic carbocycles. The molecular weight excluding hydrogens is 578 g/mol. The first kappa shape index (κ1) is 27.1. The van der Waals surface area contributed by atoms with Crippen LogP contribution in [0.2, 0.25) is 5.02 Å². The minimum Gasteiger partial charge on any atom is -0.356 e. The number of aromatic nitrogens is 1. The van der Waals surface area contributed by atoms with Crippen LogP contribution < -0.4 is 10.6 Å². The summed E-state index contributed by atoms with van der Waals surface area (Å²) in [6.07, 6.45) is 3.06. The lowest BCUT2D eigenvalue weighted by Crippen LogP contribution is -2.57. The van der Waals surface area contributed by atoms with Crippen molar-refractivity contribution in [2.24, 2.45) is 5.92 Å².